The number of carbonyl (C=O) groups excluding carboxylic acids is 1. The number of hydrogen-bond acceptors (Lipinski definition) is 2. The van der Waals surface area contributed by atoms with E-state index < -0.39 is 0 Å². The molecule has 3 rings (SSSR count). The number of carbonyl (C=O) groups is 1. The summed E-state index contributed by atoms with van der Waals surface area (Å²) in [5.74, 6) is -0.205. The summed E-state index contributed by atoms with van der Waals surface area (Å²) in [5.41, 5.74) is 2.79. The predicted molar refractivity (Wildman–Crippen MR) is 94.4 cm³/mol. The van der Waals surface area contributed by atoms with Gasteiger partial charge in [-0.05, 0) is 24.1 Å². The number of fused-ring (bicyclic) bond motifs is 1. The van der Waals surface area contributed by atoms with Crippen molar-refractivity contribution in [3.8, 4) is 0 Å². The zero-order chi connectivity index (χ0) is 16.9. The molecule has 3 nitrogen and oxygen atoms in total. The Hall–Kier alpha value is -2.46. The molecule has 1 aliphatic heterocycles. The molecule has 0 aliphatic carbocycles. The minimum atomic E-state index is -0.245. The van der Waals surface area contributed by atoms with Crippen molar-refractivity contribution in [3.63, 3.8) is 0 Å². The first-order valence-electron chi connectivity index (χ1n) is 8.14. The van der Waals surface area contributed by atoms with Crippen molar-refractivity contribution in [1.29, 1.82) is 0 Å². The van der Waals surface area contributed by atoms with Gasteiger partial charge in [-0.2, -0.15) is 0 Å². The van der Waals surface area contributed by atoms with Crippen LogP contribution in [0.25, 0.3) is 0 Å². The lowest BCUT2D eigenvalue weighted by Crippen LogP contribution is -2.39. The molecule has 0 spiro atoms. The maximum absolute atomic E-state index is 13.9. The fourth-order valence-corrected chi connectivity index (χ4v) is 3.11. The van der Waals surface area contributed by atoms with Crippen molar-refractivity contribution < 1.29 is 9.18 Å². The Kier molecular flexibility index (Phi) is 5.06. The number of benzene rings is 2. The molecule has 0 aromatic heterocycles. The van der Waals surface area contributed by atoms with E-state index in [9.17, 15) is 9.18 Å². The number of halogens is 1. The van der Waals surface area contributed by atoms with Crippen molar-refractivity contribution in [3.05, 3.63) is 78.1 Å². The number of anilines is 1. The lowest BCUT2D eigenvalue weighted by Gasteiger charge is -2.24. The normalized spacial score (nSPS) is 13.2. The van der Waals surface area contributed by atoms with Gasteiger partial charge >= 0.3 is 0 Å². The molecule has 124 valence electrons. The molecule has 2 aromatic carbocycles. The van der Waals surface area contributed by atoms with E-state index in [4.69, 9.17) is 0 Å². The van der Waals surface area contributed by atoms with Gasteiger partial charge in [-0.25, -0.2) is 4.39 Å². The number of para-hydroxylation sites is 1. The maximum Gasteiger partial charge on any atom is 0.241 e. The van der Waals surface area contributed by atoms with Gasteiger partial charge < -0.3 is 4.90 Å². The van der Waals surface area contributed by atoms with E-state index in [1.54, 1.807) is 18.2 Å². The average molecular weight is 324 g/mol. The van der Waals surface area contributed by atoms with E-state index in [-0.39, 0.29) is 18.3 Å². The van der Waals surface area contributed by atoms with Crippen molar-refractivity contribution in [2.75, 3.05) is 24.5 Å². The summed E-state index contributed by atoms with van der Waals surface area (Å²) in [6.45, 7) is 5.62. The molecule has 24 heavy (non-hydrogen) atoms. The standard InChI is InChI=1S/C20H21FN2O/c1-2-12-22(14-17-8-3-5-9-18(17)21)15-20(24)23-13-11-16-7-4-6-10-19(16)23/h2-10H,1,11-15H2. The Morgan fingerprint density at radius 2 is 1.96 bits per heavy atom. The second-order valence-corrected chi connectivity index (χ2v) is 5.97. The summed E-state index contributed by atoms with van der Waals surface area (Å²) < 4.78 is 13.9. The van der Waals surface area contributed by atoms with Crippen molar-refractivity contribution in [2.45, 2.75) is 13.0 Å². The lowest BCUT2D eigenvalue weighted by atomic mass is 10.2. The Labute approximate surface area is 142 Å². The molecule has 0 saturated heterocycles. The molecule has 1 amide bonds. The highest BCUT2D eigenvalue weighted by Gasteiger charge is 2.25. The minimum Gasteiger partial charge on any atom is -0.311 e. The van der Waals surface area contributed by atoms with Crippen molar-refractivity contribution in [2.24, 2.45) is 0 Å². The highest BCUT2D eigenvalue weighted by atomic mass is 19.1. The molecule has 2 aromatic rings. The molecule has 0 atom stereocenters. The SMILES string of the molecule is C=CCN(CC(=O)N1CCc2ccccc21)Cc1ccccc1F. The lowest BCUT2D eigenvalue weighted by molar-refractivity contribution is -0.119. The van der Waals surface area contributed by atoms with Crippen molar-refractivity contribution in [1.82, 2.24) is 4.90 Å². The first-order chi connectivity index (χ1) is 11.7. The van der Waals surface area contributed by atoms with Gasteiger partial charge in [-0.3, -0.25) is 9.69 Å². The summed E-state index contributed by atoms with van der Waals surface area (Å²) in [6, 6.07) is 14.7. The van der Waals surface area contributed by atoms with Gasteiger partial charge in [0.25, 0.3) is 0 Å². The van der Waals surface area contributed by atoms with Gasteiger partial charge in [0.1, 0.15) is 5.82 Å². The van der Waals surface area contributed by atoms with Crippen LogP contribution in [0.5, 0.6) is 0 Å². The largest absolute Gasteiger partial charge is 0.311 e. The fourth-order valence-electron chi connectivity index (χ4n) is 3.11. The van der Waals surface area contributed by atoms with E-state index in [1.807, 2.05) is 34.1 Å². The molecule has 1 heterocycles. The summed E-state index contributed by atoms with van der Waals surface area (Å²) in [6.07, 6.45) is 2.63. The number of nitrogens with zero attached hydrogens (tertiary/aromatic N) is 2. The van der Waals surface area contributed by atoms with Gasteiger partial charge in [-0.15, -0.1) is 6.58 Å². The molecular formula is C20H21FN2O. The molecule has 0 bridgehead atoms. The Morgan fingerprint density at radius 1 is 1.21 bits per heavy atom. The number of amides is 1. The Balaban J connectivity index is 1.71. The first-order valence-corrected chi connectivity index (χ1v) is 8.14. The van der Waals surface area contributed by atoms with Crippen LogP contribution in [0.1, 0.15) is 11.1 Å². The van der Waals surface area contributed by atoms with Crippen LogP contribution in [-0.4, -0.2) is 30.4 Å². The smallest absolute Gasteiger partial charge is 0.241 e. The zero-order valence-electron chi connectivity index (χ0n) is 13.6. The average Bonchev–Trinajstić information content (AvgIpc) is 3.01. The van der Waals surface area contributed by atoms with Crippen molar-refractivity contribution >= 4 is 11.6 Å². The second kappa shape index (κ2) is 7.41. The van der Waals surface area contributed by atoms with E-state index in [1.165, 1.54) is 11.6 Å². The van der Waals surface area contributed by atoms with E-state index >= 15 is 0 Å². The Morgan fingerprint density at radius 3 is 2.75 bits per heavy atom. The quantitative estimate of drug-likeness (QED) is 0.760. The highest BCUT2D eigenvalue weighted by Crippen LogP contribution is 2.27. The van der Waals surface area contributed by atoms with Crippen LogP contribution in [-0.2, 0) is 17.8 Å². The monoisotopic (exact) mass is 324 g/mol. The Bertz CT molecular complexity index is 744. The van der Waals surface area contributed by atoms with E-state index in [2.05, 4.69) is 12.6 Å². The fraction of sp³-hybridized carbons (Fsp3) is 0.250. The summed E-state index contributed by atoms with van der Waals surface area (Å²) in [5, 5.41) is 0. The third kappa shape index (κ3) is 3.54. The molecule has 0 unspecified atom stereocenters. The third-order valence-corrected chi connectivity index (χ3v) is 4.29. The second-order valence-electron chi connectivity index (χ2n) is 5.97. The number of hydrogen-bond donors (Lipinski definition) is 0. The van der Waals surface area contributed by atoms with Crippen LogP contribution in [0.15, 0.2) is 61.2 Å². The summed E-state index contributed by atoms with van der Waals surface area (Å²) in [7, 11) is 0. The van der Waals surface area contributed by atoms with Crippen LogP contribution >= 0.6 is 0 Å². The van der Waals surface area contributed by atoms with Gasteiger partial charge in [0.15, 0.2) is 0 Å². The first kappa shape index (κ1) is 16.4. The van der Waals surface area contributed by atoms with Crippen LogP contribution < -0.4 is 4.90 Å². The third-order valence-electron chi connectivity index (χ3n) is 4.29. The molecule has 0 N–H and O–H groups in total. The van der Waals surface area contributed by atoms with E-state index in [0.29, 0.717) is 25.2 Å². The molecule has 4 heteroatoms. The van der Waals surface area contributed by atoms with E-state index in [0.717, 1.165) is 12.1 Å². The van der Waals surface area contributed by atoms with Gasteiger partial charge in [0.2, 0.25) is 5.91 Å². The van der Waals surface area contributed by atoms with Crippen LogP contribution in [0.3, 0.4) is 0 Å². The molecule has 0 radical (unpaired) electrons. The predicted octanol–water partition coefficient (Wildman–Crippen LogP) is 3.40. The molecular weight excluding hydrogens is 303 g/mol. The van der Waals surface area contributed by atoms with Crippen LogP contribution in [0, 0.1) is 5.82 Å². The van der Waals surface area contributed by atoms with Gasteiger partial charge in [0, 0.05) is 30.9 Å². The zero-order valence-corrected chi connectivity index (χ0v) is 13.6. The van der Waals surface area contributed by atoms with Gasteiger partial charge in [-0.1, -0.05) is 42.5 Å². The maximum atomic E-state index is 13.9. The summed E-state index contributed by atoms with van der Waals surface area (Å²) in [4.78, 5) is 16.5. The molecule has 1 aliphatic rings. The van der Waals surface area contributed by atoms with Gasteiger partial charge in [0.05, 0.1) is 6.54 Å². The number of rotatable bonds is 6. The van der Waals surface area contributed by atoms with Crippen LogP contribution in [0.2, 0.25) is 0 Å². The minimum absolute atomic E-state index is 0.0399. The summed E-state index contributed by atoms with van der Waals surface area (Å²) >= 11 is 0. The van der Waals surface area contributed by atoms with Crippen LogP contribution in [0.4, 0.5) is 10.1 Å². The molecule has 0 saturated carbocycles. The topological polar surface area (TPSA) is 23.6 Å². The molecule has 0 fully saturated rings. The highest BCUT2D eigenvalue weighted by molar-refractivity contribution is 5.96.